The molecule has 8 aromatic carbocycles. The number of fused-ring (bicyclic) bond motifs is 11. The topological polar surface area (TPSA) is 44.1 Å². The summed E-state index contributed by atoms with van der Waals surface area (Å²) in [6.07, 6.45) is 0. The molecule has 0 bridgehead atoms. The Balaban J connectivity index is 1.11. The van der Waals surface area contributed by atoms with Gasteiger partial charge in [-0.15, -0.1) is 0 Å². The van der Waals surface area contributed by atoms with Gasteiger partial charge < -0.3 is 13.4 Å². The fraction of sp³-hybridized carbons (Fsp3) is 0. The van der Waals surface area contributed by atoms with Crippen molar-refractivity contribution in [2.24, 2.45) is 0 Å². The summed E-state index contributed by atoms with van der Waals surface area (Å²) in [5.41, 5.74) is 9.62. The standard InChI is InChI=1S/C45H26N2O2/c1-2-10-27(11-3-1)35-26-40-43(42-34-16-8-9-17-39(34)48-44(35)42)46-45(49-40)29-18-21-32(22-19-29)47-37-23-20-28-12-6-7-15-33(28)41(37)36-24-30-13-4-5-14-31(30)25-38(36)47/h1-26H. The molecule has 228 valence electrons. The Morgan fingerprint density at radius 1 is 0.449 bits per heavy atom. The first kappa shape index (κ1) is 26.4. The molecule has 0 N–H and O–H groups in total. The third-order valence-corrected chi connectivity index (χ3v) is 9.99. The monoisotopic (exact) mass is 626 g/mol. The van der Waals surface area contributed by atoms with Crippen molar-refractivity contribution in [2.75, 3.05) is 0 Å². The van der Waals surface area contributed by atoms with Gasteiger partial charge in [-0.1, -0.05) is 103 Å². The van der Waals surface area contributed by atoms with Crippen LogP contribution in [0.2, 0.25) is 0 Å². The minimum absolute atomic E-state index is 0.581. The van der Waals surface area contributed by atoms with Gasteiger partial charge in [0.1, 0.15) is 16.7 Å². The Bertz CT molecular complexity index is 3090. The number of para-hydroxylation sites is 1. The third-order valence-electron chi connectivity index (χ3n) is 9.99. The lowest BCUT2D eigenvalue weighted by molar-refractivity contribution is 0.619. The molecule has 4 nitrogen and oxygen atoms in total. The highest BCUT2D eigenvalue weighted by atomic mass is 16.4. The summed E-state index contributed by atoms with van der Waals surface area (Å²) in [5.74, 6) is 0.581. The predicted octanol–water partition coefficient (Wildman–Crippen LogP) is 12.5. The van der Waals surface area contributed by atoms with Crippen LogP contribution in [0.15, 0.2) is 167 Å². The van der Waals surface area contributed by atoms with E-state index in [0.29, 0.717) is 5.89 Å². The fourth-order valence-corrected chi connectivity index (χ4v) is 7.74. The average Bonchev–Trinajstić information content (AvgIpc) is 3.86. The van der Waals surface area contributed by atoms with Crippen LogP contribution in [0, 0.1) is 0 Å². The van der Waals surface area contributed by atoms with Gasteiger partial charge in [0.25, 0.3) is 0 Å². The van der Waals surface area contributed by atoms with Crippen molar-refractivity contribution in [3.8, 4) is 28.3 Å². The van der Waals surface area contributed by atoms with Crippen LogP contribution in [0.25, 0.3) is 105 Å². The van der Waals surface area contributed by atoms with E-state index in [9.17, 15) is 0 Å². The number of nitrogens with zero attached hydrogens (tertiary/aromatic N) is 2. The third kappa shape index (κ3) is 3.83. The Hall–Kier alpha value is -6.65. The van der Waals surface area contributed by atoms with Crippen LogP contribution in [0.5, 0.6) is 0 Å². The average molecular weight is 627 g/mol. The molecule has 11 aromatic rings. The van der Waals surface area contributed by atoms with E-state index in [2.05, 4.69) is 126 Å². The van der Waals surface area contributed by atoms with Crippen molar-refractivity contribution in [3.63, 3.8) is 0 Å². The van der Waals surface area contributed by atoms with Crippen molar-refractivity contribution in [2.45, 2.75) is 0 Å². The molecule has 11 rings (SSSR count). The van der Waals surface area contributed by atoms with Crippen LogP contribution in [0.1, 0.15) is 0 Å². The second-order valence-corrected chi connectivity index (χ2v) is 12.7. The first-order chi connectivity index (χ1) is 24.3. The fourth-order valence-electron chi connectivity index (χ4n) is 7.74. The Kier molecular flexibility index (Phi) is 5.35. The molecule has 0 saturated carbocycles. The zero-order valence-corrected chi connectivity index (χ0v) is 26.2. The molecule has 3 aromatic heterocycles. The lowest BCUT2D eigenvalue weighted by Crippen LogP contribution is -1.94. The van der Waals surface area contributed by atoms with Gasteiger partial charge in [0.2, 0.25) is 5.89 Å². The molecule has 4 heteroatoms. The molecule has 0 aliphatic carbocycles. The number of furan rings is 1. The van der Waals surface area contributed by atoms with E-state index in [1.165, 1.54) is 43.4 Å². The van der Waals surface area contributed by atoms with E-state index in [4.69, 9.17) is 13.8 Å². The first-order valence-electron chi connectivity index (χ1n) is 16.5. The highest BCUT2D eigenvalue weighted by Gasteiger charge is 2.21. The molecule has 3 heterocycles. The molecule has 0 saturated heterocycles. The van der Waals surface area contributed by atoms with Crippen molar-refractivity contribution in [1.82, 2.24) is 9.55 Å². The lowest BCUT2D eigenvalue weighted by atomic mass is 10.0. The van der Waals surface area contributed by atoms with Crippen molar-refractivity contribution in [3.05, 3.63) is 158 Å². The van der Waals surface area contributed by atoms with Crippen molar-refractivity contribution >= 4 is 76.4 Å². The molecule has 0 atom stereocenters. The number of rotatable bonds is 3. The van der Waals surface area contributed by atoms with E-state index in [-0.39, 0.29) is 0 Å². The van der Waals surface area contributed by atoms with Crippen LogP contribution in [-0.2, 0) is 0 Å². The Morgan fingerprint density at radius 3 is 2.00 bits per heavy atom. The first-order valence-corrected chi connectivity index (χ1v) is 16.5. The van der Waals surface area contributed by atoms with Gasteiger partial charge >= 0.3 is 0 Å². The van der Waals surface area contributed by atoms with Crippen LogP contribution in [-0.4, -0.2) is 9.55 Å². The largest absolute Gasteiger partial charge is 0.455 e. The predicted molar refractivity (Wildman–Crippen MR) is 202 cm³/mol. The van der Waals surface area contributed by atoms with Crippen molar-refractivity contribution < 1.29 is 8.83 Å². The summed E-state index contributed by atoms with van der Waals surface area (Å²) in [7, 11) is 0. The summed E-state index contributed by atoms with van der Waals surface area (Å²) < 4.78 is 15.4. The van der Waals surface area contributed by atoms with Gasteiger partial charge in [-0.2, -0.15) is 0 Å². The SMILES string of the molecule is c1ccc(-c2cc3oc(-c4ccc(-n5c6cc7ccccc7cc6c6c7ccccc7ccc65)cc4)nc3c3c2oc2ccccc23)cc1. The van der Waals surface area contributed by atoms with Gasteiger partial charge in [0.15, 0.2) is 5.58 Å². The minimum Gasteiger partial charge on any atom is -0.455 e. The molecule has 49 heavy (non-hydrogen) atoms. The number of hydrogen-bond acceptors (Lipinski definition) is 3. The Morgan fingerprint density at radius 2 is 1.16 bits per heavy atom. The van der Waals surface area contributed by atoms with Crippen LogP contribution in [0.4, 0.5) is 0 Å². The number of hydrogen-bond donors (Lipinski definition) is 0. The van der Waals surface area contributed by atoms with E-state index in [1.807, 2.05) is 36.4 Å². The zero-order valence-electron chi connectivity index (χ0n) is 26.2. The van der Waals surface area contributed by atoms with Gasteiger partial charge in [0, 0.05) is 33.0 Å². The summed E-state index contributed by atoms with van der Waals surface area (Å²) in [6, 6.07) is 55.5. The molecule has 0 fully saturated rings. The lowest BCUT2D eigenvalue weighted by Gasteiger charge is -2.09. The quantitative estimate of drug-likeness (QED) is 0.196. The van der Waals surface area contributed by atoms with E-state index < -0.39 is 0 Å². The van der Waals surface area contributed by atoms with Gasteiger partial charge in [0.05, 0.1) is 16.4 Å². The van der Waals surface area contributed by atoms with E-state index in [0.717, 1.165) is 55.4 Å². The zero-order chi connectivity index (χ0) is 32.1. The minimum atomic E-state index is 0.581. The molecule has 0 unspecified atom stereocenters. The molecule has 0 amide bonds. The summed E-state index contributed by atoms with van der Waals surface area (Å²) in [4.78, 5) is 5.10. The maximum atomic E-state index is 6.55. The number of aromatic nitrogens is 2. The van der Waals surface area contributed by atoms with Crippen LogP contribution >= 0.6 is 0 Å². The van der Waals surface area contributed by atoms with E-state index >= 15 is 0 Å². The number of benzene rings is 8. The number of oxazole rings is 1. The highest BCUT2D eigenvalue weighted by Crippen LogP contribution is 2.43. The molecular weight excluding hydrogens is 601 g/mol. The molecular formula is C45H26N2O2. The molecule has 0 aliphatic heterocycles. The summed E-state index contributed by atoms with van der Waals surface area (Å²) in [5, 5.41) is 9.48. The highest BCUT2D eigenvalue weighted by molar-refractivity contribution is 6.23. The summed E-state index contributed by atoms with van der Waals surface area (Å²) in [6.45, 7) is 0. The maximum Gasteiger partial charge on any atom is 0.227 e. The van der Waals surface area contributed by atoms with E-state index in [1.54, 1.807) is 0 Å². The van der Waals surface area contributed by atoms with Crippen LogP contribution < -0.4 is 0 Å². The maximum absolute atomic E-state index is 6.55. The molecule has 0 spiro atoms. The summed E-state index contributed by atoms with van der Waals surface area (Å²) >= 11 is 0. The van der Waals surface area contributed by atoms with Gasteiger partial charge in [-0.25, -0.2) is 4.98 Å². The second kappa shape index (κ2) is 9.93. The van der Waals surface area contributed by atoms with Gasteiger partial charge in [-0.3, -0.25) is 0 Å². The van der Waals surface area contributed by atoms with Gasteiger partial charge in [-0.05, 0) is 81.7 Å². The van der Waals surface area contributed by atoms with Crippen molar-refractivity contribution in [1.29, 1.82) is 0 Å². The van der Waals surface area contributed by atoms with Crippen LogP contribution in [0.3, 0.4) is 0 Å². The molecule has 0 radical (unpaired) electrons. The normalized spacial score (nSPS) is 12.1. The Labute approximate surface area is 280 Å². The second-order valence-electron chi connectivity index (χ2n) is 12.7. The smallest absolute Gasteiger partial charge is 0.227 e. The molecule has 0 aliphatic rings.